The van der Waals surface area contributed by atoms with Gasteiger partial charge in [-0.2, -0.15) is 13.2 Å². The van der Waals surface area contributed by atoms with Crippen molar-refractivity contribution in [1.82, 2.24) is 10.2 Å². The predicted molar refractivity (Wildman–Crippen MR) is 159 cm³/mol. The van der Waals surface area contributed by atoms with Crippen LogP contribution in [0.2, 0.25) is 0 Å². The lowest BCUT2D eigenvalue weighted by Gasteiger charge is -2.37. The lowest BCUT2D eigenvalue weighted by molar-refractivity contribution is -0.137. The molecule has 0 aromatic heterocycles. The molecule has 5 nitrogen and oxygen atoms in total. The van der Waals surface area contributed by atoms with Crippen LogP contribution < -0.4 is 10.1 Å². The van der Waals surface area contributed by atoms with Crippen molar-refractivity contribution in [1.29, 1.82) is 0 Å². The molecule has 0 unspecified atom stereocenters. The van der Waals surface area contributed by atoms with Crippen LogP contribution in [0.1, 0.15) is 57.9 Å². The summed E-state index contributed by atoms with van der Waals surface area (Å²) in [4.78, 5) is 28.1. The molecule has 0 aliphatic carbocycles. The Kier molecular flexibility index (Phi) is 9.33. The Hall–Kier alpha value is -4.87. The van der Waals surface area contributed by atoms with Crippen LogP contribution in [0.25, 0.3) is 0 Å². The van der Waals surface area contributed by atoms with Crippen molar-refractivity contribution in [3.63, 3.8) is 0 Å². The molecule has 2 amide bonds. The molecule has 1 atom stereocenters. The molecule has 0 bridgehead atoms. The number of nitrogens with one attached hydrogen (secondary N) is 1. The van der Waals surface area contributed by atoms with Crippen molar-refractivity contribution >= 4 is 12.0 Å². The third-order valence-electron chi connectivity index (χ3n) is 7.97. The maximum Gasteiger partial charge on any atom is 0.416 e. The van der Waals surface area contributed by atoms with E-state index in [0.717, 1.165) is 43.2 Å². The van der Waals surface area contributed by atoms with Gasteiger partial charge in [0.05, 0.1) is 11.1 Å². The maximum absolute atomic E-state index is 15.1. The summed E-state index contributed by atoms with van der Waals surface area (Å²) in [5.41, 5.74) is -4.22. The van der Waals surface area contributed by atoms with Crippen molar-refractivity contribution in [2.45, 2.75) is 43.8 Å². The van der Waals surface area contributed by atoms with Gasteiger partial charge in [-0.05, 0) is 72.0 Å². The predicted octanol–water partition coefficient (Wildman–Crippen LogP) is 8.61. The Morgan fingerprint density at radius 2 is 1.45 bits per heavy atom. The maximum atomic E-state index is 15.1. The van der Waals surface area contributed by atoms with E-state index in [1.807, 2.05) is 0 Å². The van der Waals surface area contributed by atoms with E-state index < -0.39 is 58.1 Å². The van der Waals surface area contributed by atoms with Gasteiger partial charge in [-0.15, -0.1) is 0 Å². The van der Waals surface area contributed by atoms with Crippen molar-refractivity contribution < 1.29 is 45.1 Å². The zero-order chi connectivity index (χ0) is 34.0. The number of benzene rings is 4. The van der Waals surface area contributed by atoms with E-state index >= 15 is 8.78 Å². The van der Waals surface area contributed by atoms with E-state index in [4.69, 9.17) is 4.74 Å². The Morgan fingerprint density at radius 1 is 0.766 bits per heavy atom. The van der Waals surface area contributed by atoms with Gasteiger partial charge in [0, 0.05) is 37.6 Å². The number of halogens is 7. The lowest BCUT2D eigenvalue weighted by atomic mass is 9.77. The average molecular weight is 659 g/mol. The molecule has 4 aromatic rings. The Labute approximate surface area is 266 Å². The number of ether oxygens (including phenoxy) is 1. The van der Waals surface area contributed by atoms with Crippen LogP contribution in [0.4, 0.5) is 35.5 Å². The summed E-state index contributed by atoms with van der Waals surface area (Å²) in [7, 11) is 0. The second kappa shape index (κ2) is 13.1. The van der Waals surface area contributed by atoms with Crippen LogP contribution >= 0.6 is 0 Å². The number of likely N-dealkylation sites (tertiary alicyclic amines) is 1. The van der Waals surface area contributed by atoms with Crippen molar-refractivity contribution in [2.24, 2.45) is 0 Å². The first-order valence-corrected chi connectivity index (χ1v) is 14.7. The monoisotopic (exact) mass is 658 g/mol. The largest absolute Gasteiger partial charge is 0.416 e. The van der Waals surface area contributed by atoms with Crippen LogP contribution in [0.3, 0.4) is 0 Å². The highest BCUT2D eigenvalue weighted by atomic mass is 19.4. The number of hydrogen-bond acceptors (Lipinski definition) is 3. The fraction of sp³-hybridized carbons (Fsp3) is 0.257. The Bertz CT molecular complexity index is 1770. The number of hydrogen-bond donors (Lipinski definition) is 1. The molecule has 4 aromatic carbocycles. The van der Waals surface area contributed by atoms with Gasteiger partial charge in [-0.25, -0.2) is 22.4 Å². The molecule has 1 heterocycles. The molecule has 0 saturated carbocycles. The number of amides is 2. The molecule has 246 valence electrons. The Balaban J connectivity index is 1.73. The zero-order valence-electron chi connectivity index (χ0n) is 25.0. The van der Waals surface area contributed by atoms with Crippen LogP contribution in [-0.2, 0) is 24.1 Å². The van der Waals surface area contributed by atoms with Crippen LogP contribution in [0, 0.1) is 11.6 Å². The van der Waals surface area contributed by atoms with Gasteiger partial charge in [0.1, 0.15) is 5.82 Å². The smallest absolute Gasteiger partial charge is 0.407 e. The lowest BCUT2D eigenvalue weighted by Crippen LogP contribution is -2.49. The van der Waals surface area contributed by atoms with E-state index in [0.29, 0.717) is 37.7 Å². The summed E-state index contributed by atoms with van der Waals surface area (Å²) >= 11 is 0. The van der Waals surface area contributed by atoms with Crippen molar-refractivity contribution in [3.8, 4) is 5.75 Å². The molecular formula is C35H29F7N2O3. The van der Waals surface area contributed by atoms with Gasteiger partial charge in [0.2, 0.25) is 0 Å². The molecule has 1 aliphatic rings. The molecule has 0 radical (unpaired) electrons. The molecule has 1 saturated heterocycles. The molecule has 12 heteroatoms. The van der Waals surface area contributed by atoms with E-state index in [-0.39, 0.29) is 23.1 Å². The standard InChI is InChI=1S/C35H29F7N2O3/c1-33(38,39)24-11-7-10-23(16-24)31(45)43-34(21-22-8-3-2-4-9-22,26-17-27(35(40,41)42)19-28(36)18-26)25-12-13-29(37)30(20-25)47-32(46)44-14-5-6-15-44/h2-4,7-13,16-20H,5-6,14-15,21H2,1H3,(H,43,45)/t34-/m1/s1. The van der Waals surface area contributed by atoms with Gasteiger partial charge in [0.25, 0.3) is 11.8 Å². The fourth-order valence-corrected chi connectivity index (χ4v) is 5.57. The minimum Gasteiger partial charge on any atom is -0.407 e. The van der Waals surface area contributed by atoms with Crippen molar-refractivity contribution in [2.75, 3.05) is 13.1 Å². The second-order valence-corrected chi connectivity index (χ2v) is 11.4. The summed E-state index contributed by atoms with van der Waals surface area (Å²) in [6, 6.07) is 17.6. The number of carbonyl (C=O) groups is 2. The second-order valence-electron chi connectivity index (χ2n) is 11.4. The first kappa shape index (κ1) is 33.5. The number of rotatable bonds is 8. The molecule has 1 N–H and O–H groups in total. The van der Waals surface area contributed by atoms with Crippen LogP contribution in [0.15, 0.2) is 91.0 Å². The normalized spacial score (nSPS) is 14.9. The third-order valence-corrected chi connectivity index (χ3v) is 7.97. The van der Waals surface area contributed by atoms with Gasteiger partial charge >= 0.3 is 12.3 Å². The van der Waals surface area contributed by atoms with E-state index in [1.54, 1.807) is 30.3 Å². The SMILES string of the molecule is CC(F)(F)c1cccc(C(=O)N[C@@](Cc2ccccc2)(c2cc(F)cc(C(F)(F)F)c2)c2ccc(F)c(OC(=O)N3CCCC3)c2)c1. The summed E-state index contributed by atoms with van der Waals surface area (Å²) in [6.07, 6.45) is -4.72. The number of nitrogens with zero attached hydrogens (tertiary/aromatic N) is 1. The van der Waals surface area contributed by atoms with Gasteiger partial charge in [-0.1, -0.05) is 48.5 Å². The number of alkyl halides is 5. The fourth-order valence-electron chi connectivity index (χ4n) is 5.57. The van der Waals surface area contributed by atoms with E-state index in [1.165, 1.54) is 23.1 Å². The zero-order valence-corrected chi connectivity index (χ0v) is 25.0. The minimum absolute atomic E-state index is 0.0731. The van der Waals surface area contributed by atoms with Crippen LogP contribution in [0.5, 0.6) is 5.75 Å². The average Bonchev–Trinajstić information content (AvgIpc) is 3.57. The first-order valence-electron chi connectivity index (χ1n) is 14.7. The van der Waals surface area contributed by atoms with E-state index in [9.17, 15) is 31.5 Å². The quantitative estimate of drug-likeness (QED) is 0.193. The molecule has 1 aliphatic heterocycles. The minimum atomic E-state index is -5.00. The topological polar surface area (TPSA) is 58.6 Å². The molecule has 47 heavy (non-hydrogen) atoms. The van der Waals surface area contributed by atoms with Gasteiger partial charge < -0.3 is 15.0 Å². The molecular weight excluding hydrogens is 629 g/mol. The van der Waals surface area contributed by atoms with Gasteiger partial charge in [0.15, 0.2) is 11.6 Å². The summed E-state index contributed by atoms with van der Waals surface area (Å²) in [5, 5.41) is 2.68. The molecule has 0 spiro atoms. The third kappa shape index (κ3) is 7.58. The highest BCUT2D eigenvalue weighted by Crippen LogP contribution is 2.40. The Morgan fingerprint density at radius 3 is 2.11 bits per heavy atom. The number of carbonyl (C=O) groups excluding carboxylic acids is 2. The highest BCUT2D eigenvalue weighted by Gasteiger charge is 2.41. The molecule has 5 rings (SSSR count). The first-order chi connectivity index (χ1) is 22.2. The van der Waals surface area contributed by atoms with Crippen molar-refractivity contribution in [3.05, 3.63) is 136 Å². The summed E-state index contributed by atoms with van der Waals surface area (Å²) in [6.45, 7) is 1.40. The van der Waals surface area contributed by atoms with Crippen LogP contribution in [-0.4, -0.2) is 30.0 Å². The van der Waals surface area contributed by atoms with Gasteiger partial charge in [-0.3, -0.25) is 4.79 Å². The van der Waals surface area contributed by atoms with E-state index in [2.05, 4.69) is 5.32 Å². The highest BCUT2D eigenvalue weighted by molar-refractivity contribution is 5.95. The summed E-state index contributed by atoms with van der Waals surface area (Å²) in [5.74, 6) is -7.16. The molecule has 1 fully saturated rings. The summed E-state index contributed by atoms with van der Waals surface area (Å²) < 4.78 is 106.